The molecule has 1 aromatic carbocycles. The molecule has 0 spiro atoms. The molecule has 0 saturated heterocycles. The van der Waals surface area contributed by atoms with Gasteiger partial charge in [-0.25, -0.2) is 0 Å². The molecule has 0 bridgehead atoms. The van der Waals surface area contributed by atoms with E-state index in [2.05, 4.69) is 55.2 Å². The third-order valence-corrected chi connectivity index (χ3v) is 4.69. The quantitative estimate of drug-likeness (QED) is 0.878. The third kappa shape index (κ3) is 2.80. The number of ether oxygens (including phenoxy) is 1. The van der Waals surface area contributed by atoms with Crippen LogP contribution in [0.5, 0.6) is 5.75 Å². The number of methoxy groups -OCH3 is 1. The zero-order valence-corrected chi connectivity index (χ0v) is 13.6. The summed E-state index contributed by atoms with van der Waals surface area (Å²) in [6.45, 7) is 5.76. The van der Waals surface area contributed by atoms with E-state index in [1.165, 1.54) is 29.3 Å². The summed E-state index contributed by atoms with van der Waals surface area (Å²) in [4.78, 5) is 0. The maximum Gasteiger partial charge on any atom is 0.128 e. The molecule has 1 N–H and O–H groups in total. The number of hydrogen-bond donors (Lipinski definition) is 1. The van der Waals surface area contributed by atoms with Gasteiger partial charge in [-0.15, -0.1) is 0 Å². The number of nitrogens with zero attached hydrogens (tertiary/aromatic N) is 1. The molecule has 3 nitrogen and oxygen atoms in total. The van der Waals surface area contributed by atoms with Crippen LogP contribution in [0.3, 0.4) is 0 Å². The second-order valence-corrected chi connectivity index (χ2v) is 6.87. The fourth-order valence-corrected chi connectivity index (χ4v) is 3.11. The molecule has 0 atom stereocenters. The monoisotopic (exact) mass is 286 g/mol. The molecule has 0 amide bonds. The molecule has 3 rings (SSSR count). The zero-order valence-electron chi connectivity index (χ0n) is 13.6. The summed E-state index contributed by atoms with van der Waals surface area (Å²) in [6.07, 6.45) is 6.11. The molecule has 1 heterocycles. The van der Waals surface area contributed by atoms with Crippen molar-refractivity contribution >= 4 is 10.9 Å². The molecule has 3 heteroatoms. The highest BCUT2D eigenvalue weighted by Gasteiger charge is 2.27. The van der Waals surface area contributed by atoms with Gasteiger partial charge in [-0.05, 0) is 48.9 Å². The van der Waals surface area contributed by atoms with Gasteiger partial charge < -0.3 is 14.6 Å². The summed E-state index contributed by atoms with van der Waals surface area (Å²) in [6, 6.07) is 7.07. The van der Waals surface area contributed by atoms with Crippen LogP contribution in [0.1, 0.15) is 38.7 Å². The molecule has 0 aliphatic heterocycles. The number of rotatable bonds is 6. The van der Waals surface area contributed by atoms with E-state index >= 15 is 0 Å². The van der Waals surface area contributed by atoms with Crippen molar-refractivity contribution in [3.05, 3.63) is 30.0 Å². The number of aromatic nitrogens is 1. The van der Waals surface area contributed by atoms with Crippen molar-refractivity contribution in [2.24, 2.45) is 7.05 Å². The molecule has 1 aliphatic carbocycles. The van der Waals surface area contributed by atoms with Crippen LogP contribution in [0, 0.1) is 0 Å². The summed E-state index contributed by atoms with van der Waals surface area (Å²) >= 11 is 0. The van der Waals surface area contributed by atoms with Gasteiger partial charge in [-0.2, -0.15) is 0 Å². The molecule has 114 valence electrons. The van der Waals surface area contributed by atoms with E-state index in [1.807, 2.05) is 0 Å². The second kappa shape index (κ2) is 5.38. The van der Waals surface area contributed by atoms with Gasteiger partial charge in [-0.1, -0.05) is 19.9 Å². The Morgan fingerprint density at radius 3 is 2.76 bits per heavy atom. The Balaban J connectivity index is 1.93. The minimum atomic E-state index is 0.135. The van der Waals surface area contributed by atoms with Crippen molar-refractivity contribution in [3.8, 4) is 5.75 Å². The van der Waals surface area contributed by atoms with Gasteiger partial charge in [0.25, 0.3) is 0 Å². The maximum atomic E-state index is 5.60. The molecular formula is C18H26N2O. The van der Waals surface area contributed by atoms with Crippen molar-refractivity contribution in [2.75, 3.05) is 13.7 Å². The van der Waals surface area contributed by atoms with Gasteiger partial charge in [0.2, 0.25) is 0 Å². The van der Waals surface area contributed by atoms with Gasteiger partial charge in [0.1, 0.15) is 5.75 Å². The first-order chi connectivity index (χ1) is 10.0. The summed E-state index contributed by atoms with van der Waals surface area (Å²) in [5.74, 6) is 0.978. The molecule has 2 aromatic rings. The lowest BCUT2D eigenvalue weighted by molar-refractivity contribution is 0.417. The summed E-state index contributed by atoms with van der Waals surface area (Å²) < 4.78 is 7.81. The zero-order chi connectivity index (χ0) is 15.0. The predicted molar refractivity (Wildman–Crippen MR) is 88.1 cm³/mol. The average molecular weight is 286 g/mol. The standard InChI is InChI=1S/C18H26N2O/c1-18(2,10-11-19-13-8-9-13)14-12-20(3)15-6-5-7-16(21-4)17(14)15/h5-7,12-13,19H,8-11H2,1-4H3. The summed E-state index contributed by atoms with van der Waals surface area (Å²) in [7, 11) is 3.87. The number of benzene rings is 1. The van der Waals surface area contributed by atoms with E-state index < -0.39 is 0 Å². The number of hydrogen-bond acceptors (Lipinski definition) is 2. The van der Waals surface area contributed by atoms with Gasteiger partial charge in [-0.3, -0.25) is 0 Å². The van der Waals surface area contributed by atoms with Gasteiger partial charge >= 0.3 is 0 Å². The average Bonchev–Trinajstić information content (AvgIpc) is 3.21. The topological polar surface area (TPSA) is 26.2 Å². The Morgan fingerprint density at radius 2 is 2.10 bits per heavy atom. The fraction of sp³-hybridized carbons (Fsp3) is 0.556. The Hall–Kier alpha value is -1.48. The van der Waals surface area contributed by atoms with Gasteiger partial charge in [0.15, 0.2) is 0 Å². The first-order valence-corrected chi connectivity index (χ1v) is 7.89. The minimum absolute atomic E-state index is 0.135. The lowest BCUT2D eigenvalue weighted by atomic mass is 9.81. The van der Waals surface area contributed by atoms with Crippen molar-refractivity contribution in [2.45, 2.75) is 44.6 Å². The highest BCUT2D eigenvalue weighted by atomic mass is 16.5. The lowest BCUT2D eigenvalue weighted by Gasteiger charge is -2.25. The Labute approximate surface area is 127 Å². The maximum absolute atomic E-state index is 5.60. The smallest absolute Gasteiger partial charge is 0.128 e. The summed E-state index contributed by atoms with van der Waals surface area (Å²) in [5.41, 5.74) is 2.76. The first kappa shape index (κ1) is 14.5. The van der Waals surface area contributed by atoms with Crippen molar-refractivity contribution < 1.29 is 4.74 Å². The van der Waals surface area contributed by atoms with Crippen LogP contribution in [0.15, 0.2) is 24.4 Å². The van der Waals surface area contributed by atoms with Gasteiger partial charge in [0, 0.05) is 24.7 Å². The Kier molecular flexibility index (Phi) is 3.70. The Morgan fingerprint density at radius 1 is 1.33 bits per heavy atom. The number of fused-ring (bicyclic) bond motifs is 1. The van der Waals surface area contributed by atoms with E-state index in [0.29, 0.717) is 0 Å². The van der Waals surface area contributed by atoms with Crippen LogP contribution in [-0.4, -0.2) is 24.3 Å². The van der Waals surface area contributed by atoms with Crippen molar-refractivity contribution in [1.82, 2.24) is 9.88 Å². The van der Waals surface area contributed by atoms with E-state index in [0.717, 1.165) is 24.8 Å². The lowest BCUT2D eigenvalue weighted by Crippen LogP contribution is -2.26. The van der Waals surface area contributed by atoms with Crippen LogP contribution >= 0.6 is 0 Å². The molecular weight excluding hydrogens is 260 g/mol. The largest absolute Gasteiger partial charge is 0.496 e. The van der Waals surface area contributed by atoms with Crippen LogP contribution in [0.25, 0.3) is 10.9 Å². The Bertz CT molecular complexity index is 638. The number of nitrogens with one attached hydrogen (secondary N) is 1. The first-order valence-electron chi connectivity index (χ1n) is 7.89. The van der Waals surface area contributed by atoms with Crippen molar-refractivity contribution in [1.29, 1.82) is 0 Å². The molecule has 1 saturated carbocycles. The summed E-state index contributed by atoms with van der Waals surface area (Å²) in [5, 5.41) is 4.89. The van der Waals surface area contributed by atoms with Crippen LogP contribution in [0.4, 0.5) is 0 Å². The molecule has 1 fully saturated rings. The van der Waals surface area contributed by atoms with Gasteiger partial charge in [0.05, 0.1) is 12.6 Å². The van der Waals surface area contributed by atoms with E-state index in [-0.39, 0.29) is 5.41 Å². The third-order valence-electron chi connectivity index (χ3n) is 4.69. The molecule has 0 radical (unpaired) electrons. The van der Waals surface area contributed by atoms with E-state index in [9.17, 15) is 0 Å². The molecule has 21 heavy (non-hydrogen) atoms. The number of aryl methyl sites for hydroxylation is 1. The second-order valence-electron chi connectivity index (χ2n) is 6.87. The fourth-order valence-electron chi connectivity index (χ4n) is 3.11. The highest BCUT2D eigenvalue weighted by Crippen LogP contribution is 2.38. The normalized spacial score (nSPS) is 15.6. The predicted octanol–water partition coefficient (Wildman–Crippen LogP) is 3.61. The minimum Gasteiger partial charge on any atom is -0.496 e. The van der Waals surface area contributed by atoms with Crippen LogP contribution in [-0.2, 0) is 12.5 Å². The van der Waals surface area contributed by atoms with Crippen molar-refractivity contribution in [3.63, 3.8) is 0 Å². The van der Waals surface area contributed by atoms with E-state index in [1.54, 1.807) is 7.11 Å². The molecule has 1 aromatic heterocycles. The molecule has 0 unspecified atom stereocenters. The SMILES string of the molecule is COc1cccc2c1c(C(C)(C)CCNC1CC1)cn2C. The highest BCUT2D eigenvalue weighted by molar-refractivity contribution is 5.90. The van der Waals surface area contributed by atoms with E-state index in [4.69, 9.17) is 4.74 Å². The molecule has 1 aliphatic rings. The van der Waals surface area contributed by atoms with Crippen LogP contribution < -0.4 is 10.1 Å². The van der Waals surface area contributed by atoms with Crippen LogP contribution in [0.2, 0.25) is 0 Å².